The van der Waals surface area contributed by atoms with Crippen LogP contribution in [0.4, 0.5) is 13.2 Å². The number of piperazine rings is 1. The molecule has 1 fully saturated rings. The predicted molar refractivity (Wildman–Crippen MR) is 101 cm³/mol. The second-order valence-electron chi connectivity index (χ2n) is 6.98. The van der Waals surface area contributed by atoms with E-state index in [1.807, 2.05) is 24.3 Å². The maximum absolute atomic E-state index is 12.7. The zero-order valence-electron chi connectivity index (χ0n) is 15.8. The van der Waals surface area contributed by atoms with Crippen molar-refractivity contribution in [2.75, 3.05) is 26.2 Å². The van der Waals surface area contributed by atoms with E-state index < -0.39 is 11.7 Å². The third-order valence-corrected chi connectivity index (χ3v) is 5.08. The Labute approximate surface area is 169 Å². The van der Waals surface area contributed by atoms with Gasteiger partial charge in [0.05, 0.1) is 11.1 Å². The molecule has 0 bridgehead atoms. The van der Waals surface area contributed by atoms with Crippen LogP contribution in [0.1, 0.15) is 15.9 Å². The standard InChI is InChI=1S/C20H18F3N5O2/c21-20(22,23)15-7-5-14(6-8-15)19(30)27-11-9-26(10-12-27)18(29)13-28-17-4-2-1-3-16(17)24-25-28/h1-8H,9-13H2. The van der Waals surface area contributed by atoms with E-state index >= 15 is 0 Å². The summed E-state index contributed by atoms with van der Waals surface area (Å²) in [5.74, 6) is -0.481. The summed E-state index contributed by atoms with van der Waals surface area (Å²) < 4.78 is 39.6. The van der Waals surface area contributed by atoms with Crippen molar-refractivity contribution in [1.82, 2.24) is 24.8 Å². The van der Waals surface area contributed by atoms with Gasteiger partial charge in [-0.05, 0) is 36.4 Å². The minimum Gasteiger partial charge on any atom is -0.338 e. The lowest BCUT2D eigenvalue weighted by atomic mass is 10.1. The Morgan fingerprint density at radius 2 is 1.53 bits per heavy atom. The van der Waals surface area contributed by atoms with E-state index in [4.69, 9.17) is 0 Å². The number of carbonyl (C=O) groups is 2. The molecule has 0 atom stereocenters. The van der Waals surface area contributed by atoms with Crippen molar-refractivity contribution in [2.24, 2.45) is 0 Å². The van der Waals surface area contributed by atoms with E-state index in [-0.39, 0.29) is 23.9 Å². The van der Waals surface area contributed by atoms with Crippen LogP contribution in [0, 0.1) is 0 Å². The summed E-state index contributed by atoms with van der Waals surface area (Å²) >= 11 is 0. The van der Waals surface area contributed by atoms with Crippen LogP contribution in [0.15, 0.2) is 48.5 Å². The van der Waals surface area contributed by atoms with E-state index in [0.29, 0.717) is 31.7 Å². The van der Waals surface area contributed by atoms with Gasteiger partial charge in [-0.3, -0.25) is 9.59 Å². The molecular formula is C20H18F3N5O2. The lowest BCUT2D eigenvalue weighted by Crippen LogP contribution is -2.51. The van der Waals surface area contributed by atoms with Crippen molar-refractivity contribution < 1.29 is 22.8 Å². The molecule has 0 N–H and O–H groups in total. The summed E-state index contributed by atoms with van der Waals surface area (Å²) in [6, 6.07) is 11.5. The maximum atomic E-state index is 12.7. The fourth-order valence-electron chi connectivity index (χ4n) is 3.41. The summed E-state index contributed by atoms with van der Waals surface area (Å²) in [5, 5.41) is 8.04. The molecule has 7 nitrogen and oxygen atoms in total. The molecule has 3 aromatic rings. The minimum atomic E-state index is -4.44. The first-order valence-electron chi connectivity index (χ1n) is 9.35. The first kappa shape index (κ1) is 19.9. The Hall–Kier alpha value is -3.43. The average molecular weight is 417 g/mol. The van der Waals surface area contributed by atoms with Crippen LogP contribution in [-0.2, 0) is 17.5 Å². The first-order valence-corrected chi connectivity index (χ1v) is 9.35. The highest BCUT2D eigenvalue weighted by Gasteiger charge is 2.31. The molecule has 0 radical (unpaired) electrons. The molecule has 0 aliphatic carbocycles. The summed E-state index contributed by atoms with van der Waals surface area (Å²) in [7, 11) is 0. The van der Waals surface area contributed by atoms with Crippen molar-refractivity contribution in [3.05, 3.63) is 59.7 Å². The van der Waals surface area contributed by atoms with Gasteiger partial charge in [0.15, 0.2) is 0 Å². The van der Waals surface area contributed by atoms with E-state index in [1.54, 1.807) is 4.90 Å². The van der Waals surface area contributed by atoms with E-state index in [1.165, 1.54) is 21.7 Å². The third-order valence-electron chi connectivity index (χ3n) is 5.08. The summed E-state index contributed by atoms with van der Waals surface area (Å²) in [5.41, 5.74) is 0.867. The van der Waals surface area contributed by atoms with Crippen LogP contribution in [-0.4, -0.2) is 62.8 Å². The topological polar surface area (TPSA) is 71.3 Å². The fourth-order valence-corrected chi connectivity index (χ4v) is 3.41. The molecule has 4 rings (SSSR count). The molecule has 10 heteroatoms. The first-order chi connectivity index (χ1) is 14.3. The molecule has 1 aliphatic heterocycles. The van der Waals surface area contributed by atoms with Gasteiger partial charge in [0.1, 0.15) is 12.1 Å². The molecule has 2 amide bonds. The van der Waals surface area contributed by atoms with Gasteiger partial charge in [0.25, 0.3) is 5.91 Å². The lowest BCUT2D eigenvalue weighted by Gasteiger charge is -2.34. The van der Waals surface area contributed by atoms with Crippen molar-refractivity contribution in [3.8, 4) is 0 Å². The number of halogens is 3. The SMILES string of the molecule is O=C(Cn1nnc2ccccc21)N1CCN(C(=O)c2ccc(C(F)(F)F)cc2)CC1. The summed E-state index contributed by atoms with van der Waals surface area (Å²) in [4.78, 5) is 28.4. The number of carbonyl (C=O) groups excluding carboxylic acids is 2. The largest absolute Gasteiger partial charge is 0.416 e. The van der Waals surface area contributed by atoms with Crippen LogP contribution >= 0.6 is 0 Å². The van der Waals surface area contributed by atoms with Gasteiger partial charge in [0.2, 0.25) is 5.91 Å². The molecule has 1 aliphatic rings. The highest BCUT2D eigenvalue weighted by Crippen LogP contribution is 2.29. The number of alkyl halides is 3. The Bertz CT molecular complexity index is 1070. The molecule has 0 spiro atoms. The highest BCUT2D eigenvalue weighted by atomic mass is 19.4. The predicted octanol–water partition coefficient (Wildman–Crippen LogP) is 2.43. The summed E-state index contributed by atoms with van der Waals surface area (Å²) in [6.07, 6.45) is -4.44. The van der Waals surface area contributed by atoms with Gasteiger partial charge < -0.3 is 9.80 Å². The zero-order chi connectivity index (χ0) is 21.3. The van der Waals surface area contributed by atoms with Crippen LogP contribution in [0.3, 0.4) is 0 Å². The van der Waals surface area contributed by atoms with Crippen molar-refractivity contribution in [1.29, 1.82) is 0 Å². The van der Waals surface area contributed by atoms with Crippen LogP contribution in [0.25, 0.3) is 11.0 Å². The van der Waals surface area contributed by atoms with E-state index in [0.717, 1.165) is 17.6 Å². The van der Waals surface area contributed by atoms with Gasteiger partial charge in [-0.25, -0.2) is 4.68 Å². The Morgan fingerprint density at radius 1 is 0.900 bits per heavy atom. The average Bonchev–Trinajstić information content (AvgIpc) is 3.16. The molecular weight excluding hydrogens is 399 g/mol. The van der Waals surface area contributed by atoms with E-state index in [2.05, 4.69) is 10.3 Å². The molecule has 156 valence electrons. The van der Waals surface area contributed by atoms with Crippen molar-refractivity contribution >= 4 is 22.8 Å². The smallest absolute Gasteiger partial charge is 0.338 e. The summed E-state index contributed by atoms with van der Waals surface area (Å²) in [6.45, 7) is 1.36. The number of fused-ring (bicyclic) bond motifs is 1. The number of aromatic nitrogens is 3. The van der Waals surface area contributed by atoms with Crippen LogP contribution in [0.2, 0.25) is 0 Å². The molecule has 1 aromatic heterocycles. The molecule has 1 saturated heterocycles. The van der Waals surface area contributed by atoms with Crippen molar-refractivity contribution in [2.45, 2.75) is 12.7 Å². The fraction of sp³-hybridized carbons (Fsp3) is 0.300. The zero-order valence-corrected chi connectivity index (χ0v) is 15.8. The number of hydrogen-bond acceptors (Lipinski definition) is 4. The second-order valence-corrected chi connectivity index (χ2v) is 6.98. The van der Waals surface area contributed by atoms with Gasteiger partial charge in [0, 0.05) is 31.7 Å². The number of para-hydroxylation sites is 1. The maximum Gasteiger partial charge on any atom is 0.416 e. The molecule has 30 heavy (non-hydrogen) atoms. The Balaban J connectivity index is 1.35. The Morgan fingerprint density at radius 3 is 2.20 bits per heavy atom. The lowest BCUT2D eigenvalue weighted by molar-refractivity contribution is -0.137. The third kappa shape index (κ3) is 3.98. The Kier molecular flexibility index (Phi) is 5.15. The quantitative estimate of drug-likeness (QED) is 0.656. The number of amides is 2. The normalized spacial score (nSPS) is 14.9. The number of rotatable bonds is 3. The molecule has 2 heterocycles. The van der Waals surface area contributed by atoms with Gasteiger partial charge in [-0.2, -0.15) is 13.2 Å². The highest BCUT2D eigenvalue weighted by molar-refractivity contribution is 5.94. The molecule has 0 unspecified atom stereocenters. The number of nitrogens with zero attached hydrogens (tertiary/aromatic N) is 5. The number of benzene rings is 2. The molecule has 2 aromatic carbocycles. The van der Waals surface area contributed by atoms with Gasteiger partial charge in [-0.15, -0.1) is 5.10 Å². The van der Waals surface area contributed by atoms with Gasteiger partial charge in [-0.1, -0.05) is 17.3 Å². The van der Waals surface area contributed by atoms with Crippen LogP contribution < -0.4 is 0 Å². The minimum absolute atomic E-state index is 0.0490. The van der Waals surface area contributed by atoms with Crippen molar-refractivity contribution in [3.63, 3.8) is 0 Å². The van der Waals surface area contributed by atoms with E-state index in [9.17, 15) is 22.8 Å². The molecule has 0 saturated carbocycles. The monoisotopic (exact) mass is 417 g/mol. The second kappa shape index (κ2) is 7.77. The van der Waals surface area contributed by atoms with Gasteiger partial charge >= 0.3 is 6.18 Å². The van der Waals surface area contributed by atoms with Crippen LogP contribution in [0.5, 0.6) is 0 Å². The number of hydrogen-bond donors (Lipinski definition) is 0.